The Bertz CT molecular complexity index is 766. The number of nitrogens with zero attached hydrogens (tertiary/aromatic N) is 5. The highest BCUT2D eigenvalue weighted by Gasteiger charge is 2.46. The molecule has 0 radical (unpaired) electrons. The summed E-state index contributed by atoms with van der Waals surface area (Å²) in [6.45, 7) is 4.96. The van der Waals surface area contributed by atoms with E-state index in [-0.39, 0.29) is 5.91 Å². The summed E-state index contributed by atoms with van der Waals surface area (Å²) in [7, 11) is 0. The lowest BCUT2D eigenvalue weighted by Crippen LogP contribution is -2.61. The summed E-state index contributed by atoms with van der Waals surface area (Å²) in [5.41, 5.74) is 1.53. The predicted octanol–water partition coefficient (Wildman–Crippen LogP) is 0.953. The van der Waals surface area contributed by atoms with Gasteiger partial charge in [-0.05, 0) is 61.8 Å². The Morgan fingerprint density at radius 2 is 2.00 bits per heavy atom. The molecule has 1 aromatic heterocycles. The number of tetrazole rings is 1. The molecular formula is C17H23N7O. The highest BCUT2D eigenvalue weighted by atomic mass is 16.2. The van der Waals surface area contributed by atoms with Gasteiger partial charge in [-0.1, -0.05) is 12.1 Å². The zero-order chi connectivity index (χ0) is 17.3. The number of fused-ring (bicyclic) bond motifs is 1. The minimum absolute atomic E-state index is 0.182. The van der Waals surface area contributed by atoms with Crippen molar-refractivity contribution in [1.82, 2.24) is 25.5 Å². The highest BCUT2D eigenvalue weighted by Crippen LogP contribution is 2.38. The average molecular weight is 341 g/mol. The minimum atomic E-state index is -0.482. The van der Waals surface area contributed by atoms with Gasteiger partial charge >= 0.3 is 0 Å². The fraction of sp³-hybridized carbons (Fsp3) is 0.529. The van der Waals surface area contributed by atoms with Gasteiger partial charge in [0.2, 0.25) is 0 Å². The molecule has 0 atom stereocenters. The molecule has 1 amide bonds. The molecule has 0 unspecified atom stereocenters. The summed E-state index contributed by atoms with van der Waals surface area (Å²) in [5, 5.41) is 18.4. The number of nitrogens with one attached hydrogen (secondary N) is 2. The van der Waals surface area contributed by atoms with Crippen molar-refractivity contribution >= 4 is 17.3 Å². The largest absolute Gasteiger partial charge is 0.369 e. The van der Waals surface area contributed by atoms with E-state index >= 15 is 0 Å². The predicted molar refractivity (Wildman–Crippen MR) is 94.4 cm³/mol. The first-order valence-corrected chi connectivity index (χ1v) is 8.82. The molecule has 0 aliphatic carbocycles. The number of carbonyl (C=O) groups excluding carboxylic acids is 1. The number of carbonyl (C=O) groups is 1. The second-order valence-corrected chi connectivity index (χ2v) is 6.73. The van der Waals surface area contributed by atoms with Crippen LogP contribution in [0.1, 0.15) is 25.1 Å². The van der Waals surface area contributed by atoms with Gasteiger partial charge in [0.1, 0.15) is 11.4 Å². The van der Waals surface area contributed by atoms with Gasteiger partial charge in [-0.3, -0.25) is 4.79 Å². The van der Waals surface area contributed by atoms with Crippen molar-refractivity contribution in [2.24, 2.45) is 0 Å². The molecule has 2 aliphatic heterocycles. The van der Waals surface area contributed by atoms with Gasteiger partial charge in [-0.2, -0.15) is 0 Å². The van der Waals surface area contributed by atoms with E-state index in [1.54, 1.807) is 4.68 Å². The van der Waals surface area contributed by atoms with Crippen LogP contribution >= 0.6 is 0 Å². The van der Waals surface area contributed by atoms with E-state index in [0.717, 1.165) is 49.6 Å². The molecule has 25 heavy (non-hydrogen) atoms. The van der Waals surface area contributed by atoms with Crippen molar-refractivity contribution in [3.8, 4) is 0 Å². The third-order valence-electron chi connectivity index (χ3n) is 5.14. The van der Waals surface area contributed by atoms with E-state index in [1.165, 1.54) is 0 Å². The molecule has 4 rings (SSSR count). The number of anilines is 2. The first kappa shape index (κ1) is 16.0. The molecule has 8 nitrogen and oxygen atoms in total. The Morgan fingerprint density at radius 1 is 1.20 bits per heavy atom. The second kappa shape index (κ2) is 6.44. The lowest BCUT2D eigenvalue weighted by Gasteiger charge is -2.46. The maximum atomic E-state index is 13.3. The van der Waals surface area contributed by atoms with Gasteiger partial charge in [0.25, 0.3) is 5.91 Å². The SMILES string of the molecule is Cc1nnnn1CCCN1C(=O)C2(CCNCC2)Nc2ccccc21. The topological polar surface area (TPSA) is 88.0 Å². The summed E-state index contributed by atoms with van der Waals surface area (Å²) in [5.74, 6) is 0.975. The molecule has 0 bridgehead atoms. The van der Waals surface area contributed by atoms with Crippen LogP contribution < -0.4 is 15.5 Å². The monoisotopic (exact) mass is 341 g/mol. The number of piperidine rings is 1. The van der Waals surface area contributed by atoms with Crippen LogP contribution in [0.15, 0.2) is 24.3 Å². The molecule has 1 spiro atoms. The molecule has 3 heterocycles. The van der Waals surface area contributed by atoms with Crippen molar-refractivity contribution in [1.29, 1.82) is 0 Å². The smallest absolute Gasteiger partial charge is 0.252 e. The number of rotatable bonds is 4. The summed E-state index contributed by atoms with van der Waals surface area (Å²) >= 11 is 0. The number of amides is 1. The number of para-hydroxylation sites is 2. The highest BCUT2D eigenvalue weighted by molar-refractivity contribution is 6.08. The van der Waals surface area contributed by atoms with Crippen LogP contribution in [0, 0.1) is 6.92 Å². The van der Waals surface area contributed by atoms with Crippen molar-refractivity contribution in [2.75, 3.05) is 29.9 Å². The lowest BCUT2D eigenvalue weighted by atomic mass is 9.84. The second-order valence-electron chi connectivity index (χ2n) is 6.73. The van der Waals surface area contributed by atoms with Gasteiger partial charge in [0, 0.05) is 13.1 Å². The van der Waals surface area contributed by atoms with Gasteiger partial charge in [0.05, 0.1) is 11.4 Å². The third-order valence-corrected chi connectivity index (χ3v) is 5.14. The maximum absolute atomic E-state index is 13.3. The maximum Gasteiger partial charge on any atom is 0.252 e. The Morgan fingerprint density at radius 3 is 2.76 bits per heavy atom. The molecular weight excluding hydrogens is 318 g/mol. The fourth-order valence-electron chi connectivity index (χ4n) is 3.74. The zero-order valence-corrected chi connectivity index (χ0v) is 14.4. The van der Waals surface area contributed by atoms with Crippen molar-refractivity contribution in [2.45, 2.75) is 38.3 Å². The number of hydrogen-bond acceptors (Lipinski definition) is 6. The lowest BCUT2D eigenvalue weighted by molar-refractivity contribution is -0.124. The normalized spacial score (nSPS) is 18.9. The van der Waals surface area contributed by atoms with Crippen LogP contribution in [0.3, 0.4) is 0 Å². The van der Waals surface area contributed by atoms with E-state index in [4.69, 9.17) is 0 Å². The van der Waals surface area contributed by atoms with Gasteiger partial charge < -0.3 is 15.5 Å². The van der Waals surface area contributed by atoms with Crippen LogP contribution in [-0.2, 0) is 11.3 Å². The van der Waals surface area contributed by atoms with E-state index in [0.29, 0.717) is 13.1 Å². The Labute approximate surface area is 146 Å². The molecule has 2 aliphatic rings. The molecule has 1 fully saturated rings. The molecule has 1 saturated heterocycles. The van der Waals surface area contributed by atoms with Crippen LogP contribution in [-0.4, -0.2) is 51.3 Å². The van der Waals surface area contributed by atoms with Crippen molar-refractivity contribution in [3.05, 3.63) is 30.1 Å². The molecule has 0 saturated carbocycles. The fourth-order valence-corrected chi connectivity index (χ4v) is 3.74. The quantitative estimate of drug-likeness (QED) is 0.861. The van der Waals surface area contributed by atoms with Gasteiger partial charge in [-0.25, -0.2) is 4.68 Å². The Balaban J connectivity index is 1.56. The van der Waals surface area contributed by atoms with E-state index in [9.17, 15) is 4.79 Å². The molecule has 2 N–H and O–H groups in total. The van der Waals surface area contributed by atoms with Gasteiger partial charge in [0.15, 0.2) is 0 Å². The molecule has 2 aromatic rings. The average Bonchev–Trinajstić information content (AvgIpc) is 3.04. The van der Waals surface area contributed by atoms with Gasteiger partial charge in [-0.15, -0.1) is 5.10 Å². The van der Waals surface area contributed by atoms with Crippen LogP contribution in [0.4, 0.5) is 11.4 Å². The first-order valence-electron chi connectivity index (χ1n) is 8.82. The Hall–Kier alpha value is -2.48. The van der Waals surface area contributed by atoms with Crippen LogP contribution in [0.25, 0.3) is 0 Å². The number of benzene rings is 1. The van der Waals surface area contributed by atoms with Crippen molar-refractivity contribution < 1.29 is 4.79 Å². The molecule has 1 aromatic carbocycles. The third kappa shape index (κ3) is 2.86. The van der Waals surface area contributed by atoms with E-state index in [2.05, 4.69) is 32.2 Å². The minimum Gasteiger partial charge on any atom is -0.369 e. The van der Waals surface area contributed by atoms with E-state index < -0.39 is 5.54 Å². The molecule has 132 valence electrons. The molecule has 8 heteroatoms. The number of hydrogen-bond donors (Lipinski definition) is 2. The van der Waals surface area contributed by atoms with Crippen LogP contribution in [0.5, 0.6) is 0 Å². The summed E-state index contributed by atoms with van der Waals surface area (Å²) < 4.78 is 1.78. The standard InChI is InChI=1S/C17H23N7O/c1-13-20-21-22-24(13)12-4-11-23-15-6-3-2-5-14(15)19-17(16(23)25)7-9-18-10-8-17/h2-3,5-6,18-19H,4,7-12H2,1H3. The van der Waals surface area contributed by atoms with Crippen LogP contribution in [0.2, 0.25) is 0 Å². The summed E-state index contributed by atoms with van der Waals surface area (Å²) in [6.07, 6.45) is 2.42. The van der Waals surface area contributed by atoms with E-state index in [1.807, 2.05) is 30.0 Å². The van der Waals surface area contributed by atoms with Crippen molar-refractivity contribution in [3.63, 3.8) is 0 Å². The summed E-state index contributed by atoms with van der Waals surface area (Å²) in [4.78, 5) is 15.3. The number of aryl methyl sites for hydroxylation is 2. The first-order chi connectivity index (χ1) is 12.2. The Kier molecular flexibility index (Phi) is 4.12. The number of aromatic nitrogens is 4. The summed E-state index contributed by atoms with van der Waals surface area (Å²) in [6, 6.07) is 8.06. The zero-order valence-electron chi connectivity index (χ0n) is 14.4.